The highest BCUT2D eigenvalue weighted by molar-refractivity contribution is 7.90. The molecule has 0 saturated heterocycles. The van der Waals surface area contributed by atoms with E-state index in [-0.39, 0.29) is 48.3 Å². The number of nitrogens with zero attached hydrogens (tertiary/aromatic N) is 3. The van der Waals surface area contributed by atoms with Crippen molar-refractivity contribution in [3.05, 3.63) is 35.1 Å². The molecule has 2 aromatic heterocycles. The summed E-state index contributed by atoms with van der Waals surface area (Å²) in [5.74, 6) is -0.702. The molecule has 1 aliphatic rings. The van der Waals surface area contributed by atoms with Gasteiger partial charge in [-0.15, -0.1) is 5.10 Å². The van der Waals surface area contributed by atoms with E-state index in [1.54, 1.807) is 0 Å². The van der Waals surface area contributed by atoms with Crippen LogP contribution in [-0.2, 0) is 14.8 Å². The Hall–Kier alpha value is -2.38. The molecule has 1 N–H and O–H groups in total. The SMILES string of the molecule is COC(C)S(=O)(=O)NC(=O)c1ccc(-n2ccc(OCCC3(C(F)(F)F)CC3)n2)nc1Cl. The second kappa shape index (κ2) is 8.87. The standard InChI is InChI=1S/C18H20ClF3N4O5S/c1-11(30-2)32(28,29)25-16(27)12-3-4-13(23-15(12)19)26-9-5-14(24-26)31-10-8-17(6-7-17)18(20,21)22/h3-5,9,11H,6-8,10H2,1-2H3,(H,25,27). The highest BCUT2D eigenvalue weighted by Crippen LogP contribution is 2.59. The van der Waals surface area contributed by atoms with Gasteiger partial charge in [0.2, 0.25) is 5.88 Å². The van der Waals surface area contributed by atoms with Crippen LogP contribution in [0.4, 0.5) is 13.2 Å². The number of carbonyl (C=O) groups excluding carboxylic acids is 1. The number of aromatic nitrogens is 3. The number of pyridine rings is 1. The summed E-state index contributed by atoms with van der Waals surface area (Å²) in [7, 11) is -2.89. The second-order valence-electron chi connectivity index (χ2n) is 7.26. The summed E-state index contributed by atoms with van der Waals surface area (Å²) in [5.41, 5.74) is -3.10. The number of hydrogen-bond acceptors (Lipinski definition) is 7. The molecule has 176 valence electrons. The molecular weight excluding hydrogens is 477 g/mol. The number of alkyl halides is 3. The number of amides is 1. The summed E-state index contributed by atoms with van der Waals surface area (Å²) in [5, 5.41) is 3.79. The zero-order valence-electron chi connectivity index (χ0n) is 17.0. The predicted octanol–water partition coefficient (Wildman–Crippen LogP) is 3.08. The number of sulfonamides is 1. The van der Waals surface area contributed by atoms with Gasteiger partial charge in [-0.05, 0) is 38.3 Å². The van der Waals surface area contributed by atoms with Gasteiger partial charge in [0.1, 0.15) is 5.15 Å². The topological polar surface area (TPSA) is 112 Å². The molecule has 0 spiro atoms. The summed E-state index contributed by atoms with van der Waals surface area (Å²) >= 11 is 6.03. The van der Waals surface area contributed by atoms with Crippen LogP contribution in [0.2, 0.25) is 5.15 Å². The molecule has 1 aliphatic carbocycles. The van der Waals surface area contributed by atoms with Gasteiger partial charge in [-0.2, -0.15) is 13.2 Å². The smallest absolute Gasteiger partial charge is 0.394 e. The Morgan fingerprint density at radius 3 is 2.59 bits per heavy atom. The third-order valence-electron chi connectivity index (χ3n) is 5.17. The number of rotatable bonds is 9. The van der Waals surface area contributed by atoms with E-state index in [4.69, 9.17) is 21.1 Å². The predicted molar refractivity (Wildman–Crippen MR) is 107 cm³/mol. The molecule has 0 aliphatic heterocycles. The lowest BCUT2D eigenvalue weighted by Crippen LogP contribution is -2.38. The van der Waals surface area contributed by atoms with E-state index in [1.807, 2.05) is 4.72 Å². The van der Waals surface area contributed by atoms with Gasteiger partial charge in [0, 0.05) is 19.4 Å². The zero-order chi connectivity index (χ0) is 23.7. The number of halogens is 4. The minimum absolute atomic E-state index is 0.0994. The summed E-state index contributed by atoms with van der Waals surface area (Å²) in [6, 6.07) is 4.07. The van der Waals surface area contributed by atoms with Gasteiger partial charge in [0.25, 0.3) is 15.9 Å². The summed E-state index contributed by atoms with van der Waals surface area (Å²) in [6.45, 7) is 1.11. The maximum atomic E-state index is 13.0. The maximum Gasteiger partial charge on any atom is 0.394 e. The molecule has 2 heterocycles. The molecule has 32 heavy (non-hydrogen) atoms. The Morgan fingerprint density at radius 2 is 2.03 bits per heavy atom. The van der Waals surface area contributed by atoms with E-state index in [2.05, 4.69) is 10.1 Å². The number of ether oxygens (including phenoxy) is 2. The van der Waals surface area contributed by atoms with Gasteiger partial charge in [0.05, 0.1) is 17.6 Å². The van der Waals surface area contributed by atoms with Crippen molar-refractivity contribution in [1.82, 2.24) is 19.5 Å². The van der Waals surface area contributed by atoms with Gasteiger partial charge < -0.3 is 9.47 Å². The van der Waals surface area contributed by atoms with Gasteiger partial charge in [-0.1, -0.05) is 11.6 Å². The second-order valence-corrected chi connectivity index (χ2v) is 9.58. The van der Waals surface area contributed by atoms with E-state index in [1.165, 1.54) is 43.1 Å². The Kier molecular flexibility index (Phi) is 6.72. The van der Waals surface area contributed by atoms with Crippen molar-refractivity contribution in [2.45, 2.75) is 37.8 Å². The van der Waals surface area contributed by atoms with Crippen molar-refractivity contribution in [2.75, 3.05) is 13.7 Å². The van der Waals surface area contributed by atoms with Crippen LogP contribution in [-0.4, -0.2) is 54.4 Å². The zero-order valence-corrected chi connectivity index (χ0v) is 18.6. The first-order chi connectivity index (χ1) is 14.9. The maximum absolute atomic E-state index is 13.0. The van der Waals surface area contributed by atoms with Crippen molar-refractivity contribution >= 4 is 27.5 Å². The van der Waals surface area contributed by atoms with Crippen LogP contribution >= 0.6 is 11.6 Å². The van der Waals surface area contributed by atoms with Gasteiger partial charge in [-0.25, -0.2) is 22.8 Å². The lowest BCUT2D eigenvalue weighted by molar-refractivity contribution is -0.190. The quantitative estimate of drug-likeness (QED) is 0.531. The third kappa shape index (κ3) is 5.15. The van der Waals surface area contributed by atoms with Gasteiger partial charge >= 0.3 is 6.18 Å². The van der Waals surface area contributed by atoms with E-state index < -0.39 is 33.0 Å². The molecule has 1 amide bonds. The number of nitrogens with one attached hydrogen (secondary N) is 1. The van der Waals surface area contributed by atoms with Crippen LogP contribution in [0.3, 0.4) is 0 Å². The van der Waals surface area contributed by atoms with Gasteiger partial charge in [0.15, 0.2) is 11.3 Å². The highest BCUT2D eigenvalue weighted by Gasteiger charge is 2.62. The van der Waals surface area contributed by atoms with Crippen LogP contribution in [0.1, 0.15) is 36.5 Å². The van der Waals surface area contributed by atoms with Gasteiger partial charge in [-0.3, -0.25) is 4.79 Å². The van der Waals surface area contributed by atoms with Crippen molar-refractivity contribution in [3.8, 4) is 11.7 Å². The first-order valence-electron chi connectivity index (χ1n) is 9.39. The average Bonchev–Trinajstić information content (AvgIpc) is 3.37. The molecule has 0 radical (unpaired) electrons. The molecule has 14 heteroatoms. The van der Waals surface area contributed by atoms with E-state index in [9.17, 15) is 26.4 Å². The molecule has 9 nitrogen and oxygen atoms in total. The van der Waals surface area contributed by atoms with Crippen LogP contribution in [0.5, 0.6) is 5.88 Å². The van der Waals surface area contributed by atoms with E-state index in [0.29, 0.717) is 0 Å². The monoisotopic (exact) mass is 496 g/mol. The lowest BCUT2D eigenvalue weighted by Gasteiger charge is -2.18. The summed E-state index contributed by atoms with van der Waals surface area (Å²) < 4.78 is 75.9. The molecule has 0 bridgehead atoms. The fourth-order valence-corrected chi connectivity index (χ4v) is 3.83. The minimum atomic E-state index is -4.24. The van der Waals surface area contributed by atoms with E-state index >= 15 is 0 Å². The Morgan fingerprint density at radius 1 is 1.34 bits per heavy atom. The van der Waals surface area contributed by atoms with Crippen LogP contribution in [0, 0.1) is 5.41 Å². The van der Waals surface area contributed by atoms with Crippen molar-refractivity contribution in [3.63, 3.8) is 0 Å². The van der Waals surface area contributed by atoms with Crippen molar-refractivity contribution in [1.29, 1.82) is 0 Å². The summed E-state index contributed by atoms with van der Waals surface area (Å²) in [4.78, 5) is 16.2. The fourth-order valence-electron chi connectivity index (χ4n) is 2.80. The Labute approximate surface area is 186 Å². The van der Waals surface area contributed by atoms with E-state index in [0.717, 1.165) is 0 Å². The molecular formula is C18H20ClF3N4O5S. The lowest BCUT2D eigenvalue weighted by atomic mass is 10.0. The molecule has 1 unspecified atom stereocenters. The largest absolute Gasteiger partial charge is 0.477 e. The molecule has 3 rings (SSSR count). The Bertz CT molecular complexity index is 1100. The molecule has 2 aromatic rings. The normalized spacial score (nSPS) is 16.4. The number of hydrogen-bond donors (Lipinski definition) is 1. The molecule has 1 atom stereocenters. The molecule has 0 aromatic carbocycles. The van der Waals surface area contributed by atoms with Crippen LogP contribution in [0.25, 0.3) is 5.82 Å². The first kappa shape index (κ1) is 24.3. The van der Waals surface area contributed by atoms with Crippen molar-refractivity contribution < 1.29 is 35.9 Å². The molecule has 1 saturated carbocycles. The minimum Gasteiger partial charge on any atom is -0.477 e. The third-order valence-corrected chi connectivity index (χ3v) is 6.99. The first-order valence-corrected chi connectivity index (χ1v) is 11.3. The van der Waals surface area contributed by atoms with Crippen LogP contribution < -0.4 is 9.46 Å². The average molecular weight is 497 g/mol. The number of methoxy groups -OCH3 is 1. The van der Waals surface area contributed by atoms with Crippen LogP contribution in [0.15, 0.2) is 24.4 Å². The number of carbonyl (C=O) groups is 1. The fraction of sp³-hybridized carbons (Fsp3) is 0.500. The Balaban J connectivity index is 1.64. The van der Waals surface area contributed by atoms with Crippen molar-refractivity contribution in [2.24, 2.45) is 5.41 Å². The highest BCUT2D eigenvalue weighted by atomic mass is 35.5. The molecule has 1 fully saturated rings. The summed E-state index contributed by atoms with van der Waals surface area (Å²) in [6.07, 6.45) is -2.74.